The van der Waals surface area contributed by atoms with Crippen LogP contribution < -0.4 is 5.32 Å². The number of nitrogens with zero attached hydrogens (tertiary/aromatic N) is 5. The normalized spacial score (nSPS) is 20.0. The zero-order valence-electron chi connectivity index (χ0n) is 16.8. The molecule has 2 aliphatic rings. The van der Waals surface area contributed by atoms with Crippen molar-refractivity contribution in [3.8, 4) is 0 Å². The summed E-state index contributed by atoms with van der Waals surface area (Å²) < 4.78 is 1.91. The highest BCUT2D eigenvalue weighted by Crippen LogP contribution is 2.40. The van der Waals surface area contributed by atoms with Gasteiger partial charge in [0.2, 0.25) is 0 Å². The van der Waals surface area contributed by atoms with Gasteiger partial charge in [0.15, 0.2) is 5.16 Å². The fourth-order valence-corrected chi connectivity index (χ4v) is 4.98. The van der Waals surface area contributed by atoms with Crippen molar-refractivity contribution in [1.29, 1.82) is 0 Å². The van der Waals surface area contributed by atoms with Crippen molar-refractivity contribution >= 4 is 23.5 Å². The van der Waals surface area contributed by atoms with Crippen LogP contribution in [0, 0.1) is 0 Å². The van der Waals surface area contributed by atoms with Crippen LogP contribution in [0.1, 0.15) is 37.0 Å². The first-order valence-electron chi connectivity index (χ1n) is 9.85. The molecule has 4 rings (SSSR count). The maximum absolute atomic E-state index is 12.9. The smallest absolute Gasteiger partial charge is 0.319 e. The Morgan fingerprint density at radius 1 is 1.21 bits per heavy atom. The lowest BCUT2D eigenvalue weighted by molar-refractivity contribution is -0.0166. The highest BCUT2D eigenvalue weighted by atomic mass is 32.2. The van der Waals surface area contributed by atoms with Crippen LogP contribution >= 0.6 is 11.8 Å². The van der Waals surface area contributed by atoms with Crippen molar-refractivity contribution in [2.45, 2.75) is 42.1 Å². The second-order valence-corrected chi connectivity index (χ2v) is 9.28. The number of urea groups is 1. The number of aryl methyl sites for hydroxylation is 1. The zero-order valence-corrected chi connectivity index (χ0v) is 17.6. The molecule has 1 atom stereocenters. The van der Waals surface area contributed by atoms with Gasteiger partial charge in [0.05, 0.1) is 0 Å². The first kappa shape index (κ1) is 19.3. The standard InChI is InChI=1S/C20H28N6OS/c1-15(28-19-23-21-14-25(19)3)16-5-4-6-17(13-16)22-18(27)26-12-9-20(26)7-10-24(2)11-8-20/h4-6,13-15H,7-12H2,1-3H3,(H,22,27)/t15-/m0/s1. The van der Waals surface area contributed by atoms with Gasteiger partial charge in [0.25, 0.3) is 0 Å². The second-order valence-electron chi connectivity index (χ2n) is 7.97. The molecule has 8 heteroatoms. The summed E-state index contributed by atoms with van der Waals surface area (Å²) in [7, 11) is 4.10. The van der Waals surface area contributed by atoms with Crippen LogP contribution in [0.5, 0.6) is 0 Å². The van der Waals surface area contributed by atoms with Crippen LogP contribution in [-0.4, -0.2) is 62.8 Å². The third-order valence-electron chi connectivity index (χ3n) is 6.10. The molecule has 0 aliphatic carbocycles. The van der Waals surface area contributed by atoms with Crippen molar-refractivity contribution in [3.05, 3.63) is 36.2 Å². The summed E-state index contributed by atoms with van der Waals surface area (Å²) in [5.74, 6) is 0. The number of likely N-dealkylation sites (tertiary alicyclic amines) is 2. The Balaban J connectivity index is 1.40. The van der Waals surface area contributed by atoms with E-state index < -0.39 is 0 Å². The van der Waals surface area contributed by atoms with Crippen molar-refractivity contribution in [2.24, 2.45) is 7.05 Å². The number of rotatable bonds is 4. The minimum absolute atomic E-state index is 0.0292. The van der Waals surface area contributed by atoms with Crippen LogP contribution in [-0.2, 0) is 7.05 Å². The fourth-order valence-electron chi connectivity index (χ4n) is 4.08. The molecule has 1 aromatic carbocycles. The molecule has 28 heavy (non-hydrogen) atoms. The number of amides is 2. The first-order chi connectivity index (χ1) is 13.5. The van der Waals surface area contributed by atoms with Gasteiger partial charge < -0.3 is 19.7 Å². The van der Waals surface area contributed by atoms with E-state index in [2.05, 4.69) is 46.5 Å². The molecule has 1 aromatic heterocycles. The number of hydrogen-bond donors (Lipinski definition) is 1. The Hall–Kier alpha value is -2.06. The van der Waals surface area contributed by atoms with E-state index in [0.29, 0.717) is 0 Å². The number of nitrogens with one attached hydrogen (secondary N) is 1. The Morgan fingerprint density at radius 2 is 1.96 bits per heavy atom. The third kappa shape index (κ3) is 3.75. The molecule has 2 fully saturated rings. The van der Waals surface area contributed by atoms with Crippen LogP contribution in [0.25, 0.3) is 0 Å². The van der Waals surface area contributed by atoms with E-state index in [1.165, 1.54) is 0 Å². The Bertz CT molecular complexity index is 845. The molecule has 1 spiro atoms. The highest BCUT2D eigenvalue weighted by molar-refractivity contribution is 7.99. The molecule has 2 aliphatic heterocycles. The fraction of sp³-hybridized carbons (Fsp3) is 0.550. The van der Waals surface area contributed by atoms with Gasteiger partial charge in [0, 0.05) is 43.2 Å². The lowest BCUT2D eigenvalue weighted by atomic mass is 9.77. The monoisotopic (exact) mass is 400 g/mol. The number of anilines is 1. The van der Waals surface area contributed by atoms with Gasteiger partial charge in [-0.2, -0.15) is 0 Å². The summed E-state index contributed by atoms with van der Waals surface area (Å²) in [6.45, 7) is 5.13. The second kappa shape index (κ2) is 7.75. The summed E-state index contributed by atoms with van der Waals surface area (Å²) in [5.41, 5.74) is 2.08. The maximum Gasteiger partial charge on any atom is 0.322 e. The van der Waals surface area contributed by atoms with Crippen LogP contribution in [0.15, 0.2) is 35.7 Å². The SMILES string of the molecule is C[C@H](Sc1nncn1C)c1cccc(NC(=O)N2CCC23CCN(C)CC3)c1. The Labute approximate surface area is 170 Å². The molecule has 7 nitrogen and oxygen atoms in total. The van der Waals surface area contributed by atoms with Gasteiger partial charge in [-0.15, -0.1) is 10.2 Å². The summed E-state index contributed by atoms with van der Waals surface area (Å²) in [6, 6.07) is 8.14. The molecular formula is C20H28N6OS. The molecule has 2 aromatic rings. The quantitative estimate of drug-likeness (QED) is 0.797. The summed E-state index contributed by atoms with van der Waals surface area (Å²) in [4.78, 5) is 17.3. The number of carbonyl (C=O) groups is 1. The topological polar surface area (TPSA) is 66.3 Å². The van der Waals surface area contributed by atoms with E-state index in [4.69, 9.17) is 0 Å². The van der Waals surface area contributed by atoms with E-state index in [9.17, 15) is 4.79 Å². The third-order valence-corrected chi connectivity index (χ3v) is 7.30. The molecule has 3 heterocycles. The molecular weight excluding hydrogens is 372 g/mol. The largest absolute Gasteiger partial charge is 0.322 e. The van der Waals surface area contributed by atoms with Crippen molar-refractivity contribution in [3.63, 3.8) is 0 Å². The van der Waals surface area contributed by atoms with Gasteiger partial charge in [-0.25, -0.2) is 4.79 Å². The van der Waals surface area contributed by atoms with Crippen LogP contribution in [0.2, 0.25) is 0 Å². The van der Waals surface area contributed by atoms with Gasteiger partial charge in [-0.05, 0) is 50.9 Å². The number of carbonyl (C=O) groups excluding carboxylic acids is 1. The van der Waals surface area contributed by atoms with Gasteiger partial charge in [-0.3, -0.25) is 0 Å². The first-order valence-corrected chi connectivity index (χ1v) is 10.7. The van der Waals surface area contributed by atoms with E-state index in [0.717, 1.165) is 55.3 Å². The molecule has 2 saturated heterocycles. The maximum atomic E-state index is 12.9. The zero-order chi connectivity index (χ0) is 19.7. The minimum Gasteiger partial charge on any atom is -0.319 e. The lowest BCUT2D eigenvalue weighted by Crippen LogP contribution is -2.66. The van der Waals surface area contributed by atoms with Gasteiger partial charge in [0.1, 0.15) is 6.33 Å². The van der Waals surface area contributed by atoms with Crippen molar-refractivity contribution in [2.75, 3.05) is 32.0 Å². The van der Waals surface area contributed by atoms with Gasteiger partial charge in [-0.1, -0.05) is 23.9 Å². The molecule has 0 saturated carbocycles. The average molecular weight is 401 g/mol. The van der Waals surface area contributed by atoms with Crippen LogP contribution in [0.3, 0.4) is 0 Å². The summed E-state index contributed by atoms with van der Waals surface area (Å²) in [5, 5.41) is 12.3. The molecule has 2 amide bonds. The van der Waals surface area contributed by atoms with Crippen molar-refractivity contribution in [1.82, 2.24) is 24.6 Å². The molecule has 1 N–H and O–H groups in total. The number of piperidine rings is 1. The number of benzene rings is 1. The summed E-state index contributed by atoms with van der Waals surface area (Å²) in [6.07, 6.45) is 4.97. The average Bonchev–Trinajstić information content (AvgIpc) is 3.06. The lowest BCUT2D eigenvalue weighted by Gasteiger charge is -2.55. The molecule has 0 radical (unpaired) electrons. The summed E-state index contributed by atoms with van der Waals surface area (Å²) >= 11 is 1.66. The minimum atomic E-state index is 0.0292. The molecule has 150 valence electrons. The predicted octanol–water partition coefficient (Wildman–Crippen LogP) is 3.37. The number of hydrogen-bond acceptors (Lipinski definition) is 5. The van der Waals surface area contributed by atoms with E-state index in [-0.39, 0.29) is 16.8 Å². The molecule has 0 bridgehead atoms. The molecule has 0 unspecified atom stereocenters. The van der Waals surface area contributed by atoms with Gasteiger partial charge >= 0.3 is 6.03 Å². The Morgan fingerprint density at radius 3 is 2.61 bits per heavy atom. The number of thioether (sulfide) groups is 1. The van der Waals surface area contributed by atoms with E-state index >= 15 is 0 Å². The predicted molar refractivity (Wildman–Crippen MR) is 112 cm³/mol. The van der Waals surface area contributed by atoms with E-state index in [1.54, 1.807) is 18.1 Å². The van der Waals surface area contributed by atoms with Crippen molar-refractivity contribution < 1.29 is 4.79 Å². The van der Waals surface area contributed by atoms with E-state index in [1.807, 2.05) is 28.6 Å². The van der Waals surface area contributed by atoms with Crippen LogP contribution in [0.4, 0.5) is 10.5 Å². The Kier molecular flexibility index (Phi) is 5.33. The highest BCUT2D eigenvalue weighted by Gasteiger charge is 2.48. The number of aromatic nitrogens is 3.